The van der Waals surface area contributed by atoms with Gasteiger partial charge in [0.05, 0.1) is 5.54 Å². The van der Waals surface area contributed by atoms with Gasteiger partial charge in [0.15, 0.2) is 0 Å². The first-order valence-electron chi connectivity index (χ1n) is 4.38. The highest BCUT2D eigenvalue weighted by molar-refractivity contribution is 6.19. The van der Waals surface area contributed by atoms with Crippen LogP contribution in [-0.2, 0) is 9.53 Å². The molecule has 1 fully saturated rings. The lowest BCUT2D eigenvalue weighted by molar-refractivity contribution is -0.175. The van der Waals surface area contributed by atoms with E-state index in [1.54, 1.807) is 0 Å². The number of carbonyl (C=O) groups is 1. The Kier molecular flexibility index (Phi) is 3.83. The summed E-state index contributed by atoms with van der Waals surface area (Å²) < 4.78 is 39.1. The molecule has 1 amide bonds. The van der Waals surface area contributed by atoms with Crippen LogP contribution in [0.25, 0.3) is 0 Å². The lowest BCUT2D eigenvalue weighted by atomic mass is 10.3. The summed E-state index contributed by atoms with van der Waals surface area (Å²) in [5.41, 5.74) is -0.403. The van der Waals surface area contributed by atoms with Gasteiger partial charge in [-0.25, -0.2) is 0 Å². The second-order valence-electron chi connectivity index (χ2n) is 3.57. The SMILES string of the molecule is O=C(COCC(F)(F)F)NC1(CCl)CC1. The zero-order chi connectivity index (χ0) is 11.5. The Bertz CT molecular complexity index is 241. The maximum absolute atomic E-state index is 11.6. The Balaban J connectivity index is 2.14. The van der Waals surface area contributed by atoms with E-state index in [9.17, 15) is 18.0 Å². The first-order chi connectivity index (χ1) is 6.87. The van der Waals surface area contributed by atoms with Gasteiger partial charge in [-0.15, -0.1) is 11.6 Å². The first-order valence-corrected chi connectivity index (χ1v) is 4.92. The Morgan fingerprint density at radius 2 is 2.07 bits per heavy atom. The van der Waals surface area contributed by atoms with Crippen molar-refractivity contribution >= 4 is 17.5 Å². The molecule has 0 spiro atoms. The Hall–Kier alpha value is -0.490. The average molecular weight is 246 g/mol. The van der Waals surface area contributed by atoms with Crippen molar-refractivity contribution in [2.45, 2.75) is 24.6 Å². The molecule has 0 bridgehead atoms. The molecule has 0 saturated heterocycles. The molecular weight excluding hydrogens is 235 g/mol. The van der Waals surface area contributed by atoms with E-state index in [1.165, 1.54) is 0 Å². The highest BCUT2D eigenvalue weighted by atomic mass is 35.5. The Morgan fingerprint density at radius 3 is 2.47 bits per heavy atom. The number of carbonyl (C=O) groups excluding carboxylic acids is 1. The van der Waals surface area contributed by atoms with Crippen molar-refractivity contribution in [3.63, 3.8) is 0 Å². The second kappa shape index (κ2) is 4.57. The van der Waals surface area contributed by atoms with Crippen LogP contribution in [0.5, 0.6) is 0 Å². The summed E-state index contributed by atoms with van der Waals surface area (Å²) in [6.45, 7) is -1.99. The number of alkyl halides is 4. The van der Waals surface area contributed by atoms with E-state index in [-0.39, 0.29) is 5.88 Å². The molecule has 1 saturated carbocycles. The number of nitrogens with one attached hydrogen (secondary N) is 1. The highest BCUT2D eigenvalue weighted by Crippen LogP contribution is 2.36. The lowest BCUT2D eigenvalue weighted by Gasteiger charge is -2.14. The number of hydrogen-bond acceptors (Lipinski definition) is 2. The summed E-state index contributed by atoms with van der Waals surface area (Å²) in [6, 6.07) is 0. The predicted molar refractivity (Wildman–Crippen MR) is 47.7 cm³/mol. The monoisotopic (exact) mass is 245 g/mol. The smallest absolute Gasteiger partial charge is 0.362 e. The van der Waals surface area contributed by atoms with Crippen LogP contribution in [0.1, 0.15) is 12.8 Å². The maximum atomic E-state index is 11.6. The van der Waals surface area contributed by atoms with Crippen molar-refractivity contribution in [2.75, 3.05) is 19.1 Å². The molecule has 0 aromatic rings. The summed E-state index contributed by atoms with van der Waals surface area (Å²) >= 11 is 5.57. The molecule has 0 aliphatic heterocycles. The van der Waals surface area contributed by atoms with E-state index in [0.29, 0.717) is 0 Å². The molecule has 1 aliphatic rings. The van der Waals surface area contributed by atoms with Gasteiger partial charge in [0.2, 0.25) is 5.91 Å². The summed E-state index contributed by atoms with van der Waals surface area (Å²) in [4.78, 5) is 11.1. The molecule has 15 heavy (non-hydrogen) atoms. The van der Waals surface area contributed by atoms with Crippen molar-refractivity contribution < 1.29 is 22.7 Å². The van der Waals surface area contributed by atoms with Crippen molar-refractivity contribution in [3.8, 4) is 0 Å². The minimum atomic E-state index is -4.40. The largest absolute Gasteiger partial charge is 0.411 e. The number of hydrogen-bond donors (Lipinski definition) is 1. The zero-order valence-corrected chi connectivity index (χ0v) is 8.62. The van der Waals surface area contributed by atoms with Crippen LogP contribution >= 0.6 is 11.6 Å². The van der Waals surface area contributed by atoms with E-state index in [0.717, 1.165) is 12.8 Å². The Labute approximate surface area is 89.9 Å². The molecule has 3 nitrogen and oxygen atoms in total. The number of ether oxygens (including phenoxy) is 1. The molecule has 1 rings (SSSR count). The predicted octanol–water partition coefficient (Wildman–Crippen LogP) is 1.45. The molecule has 0 aromatic heterocycles. The van der Waals surface area contributed by atoms with Gasteiger partial charge in [0, 0.05) is 5.88 Å². The standard InChI is InChI=1S/C8H11ClF3NO2/c9-4-7(1-2-7)13-6(14)3-15-5-8(10,11)12/h1-5H2,(H,13,14). The van der Waals surface area contributed by atoms with Crippen LogP contribution < -0.4 is 5.32 Å². The Morgan fingerprint density at radius 1 is 1.47 bits per heavy atom. The maximum Gasteiger partial charge on any atom is 0.411 e. The third-order valence-corrected chi connectivity index (χ3v) is 2.52. The number of amides is 1. The third-order valence-electron chi connectivity index (χ3n) is 2.01. The van der Waals surface area contributed by atoms with E-state index in [4.69, 9.17) is 11.6 Å². The lowest BCUT2D eigenvalue weighted by Crippen LogP contribution is -2.40. The molecule has 0 heterocycles. The molecule has 0 radical (unpaired) electrons. The molecule has 0 atom stereocenters. The van der Waals surface area contributed by atoms with Gasteiger partial charge in [-0.2, -0.15) is 13.2 Å². The molecule has 88 valence electrons. The topological polar surface area (TPSA) is 38.3 Å². The van der Waals surface area contributed by atoms with Crippen molar-refractivity contribution in [3.05, 3.63) is 0 Å². The summed E-state index contributed by atoms with van der Waals surface area (Å²) in [5, 5.41) is 2.54. The van der Waals surface area contributed by atoms with Crippen LogP contribution in [-0.4, -0.2) is 36.7 Å². The van der Waals surface area contributed by atoms with Crippen molar-refractivity contribution in [2.24, 2.45) is 0 Å². The minimum Gasteiger partial charge on any atom is -0.362 e. The quantitative estimate of drug-likeness (QED) is 0.745. The minimum absolute atomic E-state index is 0.276. The average Bonchev–Trinajstić information content (AvgIpc) is 2.83. The van der Waals surface area contributed by atoms with Crippen LogP contribution in [0.2, 0.25) is 0 Å². The van der Waals surface area contributed by atoms with Crippen molar-refractivity contribution in [1.82, 2.24) is 5.32 Å². The zero-order valence-electron chi connectivity index (χ0n) is 7.86. The fraction of sp³-hybridized carbons (Fsp3) is 0.875. The molecule has 1 N–H and O–H groups in total. The van der Waals surface area contributed by atoms with E-state index >= 15 is 0 Å². The van der Waals surface area contributed by atoms with Crippen LogP contribution in [0.3, 0.4) is 0 Å². The highest BCUT2D eigenvalue weighted by Gasteiger charge is 2.43. The molecule has 0 unspecified atom stereocenters. The van der Waals surface area contributed by atoms with E-state index in [2.05, 4.69) is 10.1 Å². The van der Waals surface area contributed by atoms with Gasteiger partial charge >= 0.3 is 6.18 Å². The van der Waals surface area contributed by atoms with Gasteiger partial charge in [-0.3, -0.25) is 4.79 Å². The number of rotatable bonds is 5. The van der Waals surface area contributed by atoms with Gasteiger partial charge in [0.25, 0.3) is 0 Å². The van der Waals surface area contributed by atoms with Gasteiger partial charge < -0.3 is 10.1 Å². The molecular formula is C8H11ClF3NO2. The van der Waals surface area contributed by atoms with Crippen LogP contribution in [0.15, 0.2) is 0 Å². The second-order valence-corrected chi connectivity index (χ2v) is 3.84. The van der Waals surface area contributed by atoms with Crippen molar-refractivity contribution in [1.29, 1.82) is 0 Å². The first kappa shape index (κ1) is 12.6. The third kappa shape index (κ3) is 4.70. The fourth-order valence-corrected chi connectivity index (χ4v) is 1.37. The fourth-order valence-electron chi connectivity index (χ4n) is 1.03. The summed E-state index contributed by atoms with van der Waals surface area (Å²) in [5.74, 6) is -0.282. The summed E-state index contributed by atoms with van der Waals surface area (Å²) in [6.07, 6.45) is -2.87. The molecule has 7 heteroatoms. The normalized spacial score (nSPS) is 18.7. The van der Waals surface area contributed by atoms with Crippen LogP contribution in [0, 0.1) is 0 Å². The van der Waals surface area contributed by atoms with Gasteiger partial charge in [0.1, 0.15) is 13.2 Å². The number of halogens is 4. The molecule has 1 aliphatic carbocycles. The molecule has 0 aromatic carbocycles. The summed E-state index contributed by atoms with van der Waals surface area (Å²) in [7, 11) is 0. The van der Waals surface area contributed by atoms with E-state index < -0.39 is 30.8 Å². The van der Waals surface area contributed by atoms with Crippen LogP contribution in [0.4, 0.5) is 13.2 Å². The van der Waals surface area contributed by atoms with Gasteiger partial charge in [-0.05, 0) is 12.8 Å². The van der Waals surface area contributed by atoms with E-state index in [1.807, 2.05) is 0 Å². The van der Waals surface area contributed by atoms with Gasteiger partial charge in [-0.1, -0.05) is 0 Å².